The molecule has 0 saturated heterocycles. The highest BCUT2D eigenvalue weighted by atomic mass is 19.1. The Labute approximate surface area is 74.0 Å². The summed E-state index contributed by atoms with van der Waals surface area (Å²) in [5, 5.41) is 27.0. The van der Waals surface area contributed by atoms with Crippen molar-refractivity contribution in [2.24, 2.45) is 5.73 Å². The van der Waals surface area contributed by atoms with Gasteiger partial charge in [-0.25, -0.2) is 4.39 Å². The highest BCUT2D eigenvalue weighted by Gasteiger charge is 2.12. The molecule has 0 unspecified atom stereocenters. The second kappa shape index (κ2) is 3.59. The molecule has 0 spiro atoms. The molecule has 0 aliphatic rings. The predicted octanol–water partition coefficient (Wildman–Crippen LogP) is 0.229. The molecule has 72 valence electrons. The fraction of sp³-hybridized carbons (Fsp3) is 0.250. The van der Waals surface area contributed by atoms with Crippen LogP contribution in [-0.4, -0.2) is 21.9 Å². The maximum absolute atomic E-state index is 12.8. The number of rotatable bonds is 2. The van der Waals surface area contributed by atoms with E-state index in [1.165, 1.54) is 0 Å². The number of aromatic hydroxyl groups is 2. The van der Waals surface area contributed by atoms with Crippen molar-refractivity contribution < 1.29 is 19.7 Å². The number of nitrogens with two attached hydrogens (primary N) is 1. The van der Waals surface area contributed by atoms with Crippen molar-refractivity contribution in [3.05, 3.63) is 23.5 Å². The zero-order valence-electron chi connectivity index (χ0n) is 6.74. The third-order valence-corrected chi connectivity index (χ3v) is 1.67. The summed E-state index contributed by atoms with van der Waals surface area (Å²) in [6, 6.07) is 1.99. The lowest BCUT2D eigenvalue weighted by molar-refractivity contribution is 0.185. The lowest BCUT2D eigenvalue weighted by Crippen LogP contribution is -2.11. The summed E-state index contributed by atoms with van der Waals surface area (Å²) in [6.07, 6.45) is -1.04. The molecule has 0 radical (unpaired) electrons. The van der Waals surface area contributed by atoms with Crippen LogP contribution in [0, 0.1) is 5.82 Å². The first kappa shape index (κ1) is 9.76. The van der Waals surface area contributed by atoms with Gasteiger partial charge in [-0.15, -0.1) is 0 Å². The summed E-state index contributed by atoms with van der Waals surface area (Å²) < 4.78 is 12.8. The number of phenols is 2. The molecule has 4 nitrogen and oxygen atoms in total. The van der Waals surface area contributed by atoms with E-state index in [0.717, 1.165) is 12.1 Å². The van der Waals surface area contributed by atoms with Crippen LogP contribution in [0.15, 0.2) is 12.1 Å². The minimum absolute atomic E-state index is 0.0797. The summed E-state index contributed by atoms with van der Waals surface area (Å²) in [7, 11) is 0. The molecule has 1 aromatic rings. The molecule has 1 atom stereocenters. The molecule has 0 aromatic heterocycles. The van der Waals surface area contributed by atoms with Crippen LogP contribution in [0.3, 0.4) is 0 Å². The van der Waals surface area contributed by atoms with E-state index in [4.69, 9.17) is 15.9 Å². The third kappa shape index (κ3) is 1.88. The van der Waals surface area contributed by atoms with E-state index < -0.39 is 23.4 Å². The fourth-order valence-corrected chi connectivity index (χ4v) is 0.933. The number of aliphatic hydroxyl groups excluding tert-OH is 1. The SMILES string of the molecule is NC[C@H](O)c1cc(O)c(O)c(F)c1. The minimum Gasteiger partial charge on any atom is -0.504 e. The van der Waals surface area contributed by atoms with Crippen molar-refractivity contribution in [2.45, 2.75) is 6.10 Å². The van der Waals surface area contributed by atoms with Crippen LogP contribution in [0.2, 0.25) is 0 Å². The van der Waals surface area contributed by atoms with Gasteiger partial charge in [0.25, 0.3) is 0 Å². The molecule has 13 heavy (non-hydrogen) atoms. The maximum Gasteiger partial charge on any atom is 0.194 e. The monoisotopic (exact) mass is 187 g/mol. The number of halogens is 1. The zero-order chi connectivity index (χ0) is 10.0. The maximum atomic E-state index is 12.8. The van der Waals surface area contributed by atoms with Crippen LogP contribution in [0.4, 0.5) is 4.39 Å². The second-order valence-corrected chi connectivity index (χ2v) is 2.62. The lowest BCUT2D eigenvalue weighted by atomic mass is 10.1. The van der Waals surface area contributed by atoms with E-state index in [0.29, 0.717) is 0 Å². The quantitative estimate of drug-likeness (QED) is 0.499. The van der Waals surface area contributed by atoms with Gasteiger partial charge in [0.15, 0.2) is 17.3 Å². The summed E-state index contributed by atoms with van der Waals surface area (Å²) in [5.74, 6) is -2.42. The van der Waals surface area contributed by atoms with Gasteiger partial charge in [-0.2, -0.15) is 0 Å². The van der Waals surface area contributed by atoms with Crippen LogP contribution in [0.25, 0.3) is 0 Å². The van der Waals surface area contributed by atoms with Gasteiger partial charge in [-0.3, -0.25) is 0 Å². The molecule has 0 fully saturated rings. The summed E-state index contributed by atoms with van der Waals surface area (Å²) in [5.41, 5.74) is 5.26. The van der Waals surface area contributed by atoms with Crippen LogP contribution in [0.5, 0.6) is 11.5 Å². The van der Waals surface area contributed by atoms with Crippen molar-refractivity contribution in [1.82, 2.24) is 0 Å². The van der Waals surface area contributed by atoms with Gasteiger partial charge in [0.1, 0.15) is 0 Å². The van der Waals surface area contributed by atoms with Gasteiger partial charge in [0.2, 0.25) is 0 Å². The Morgan fingerprint density at radius 2 is 2.00 bits per heavy atom. The number of benzene rings is 1. The van der Waals surface area contributed by atoms with E-state index >= 15 is 0 Å². The van der Waals surface area contributed by atoms with E-state index in [2.05, 4.69) is 0 Å². The van der Waals surface area contributed by atoms with Crippen molar-refractivity contribution in [1.29, 1.82) is 0 Å². The first-order valence-electron chi connectivity index (χ1n) is 3.65. The standard InChI is InChI=1S/C8H10FNO3/c9-5-1-4(7(12)3-10)2-6(11)8(5)13/h1-2,7,11-13H,3,10H2/t7-/m0/s1. The van der Waals surface area contributed by atoms with Crippen molar-refractivity contribution >= 4 is 0 Å². The predicted molar refractivity (Wildman–Crippen MR) is 43.7 cm³/mol. The van der Waals surface area contributed by atoms with E-state index in [9.17, 15) is 9.50 Å². The number of hydrogen-bond donors (Lipinski definition) is 4. The Morgan fingerprint density at radius 1 is 1.38 bits per heavy atom. The Balaban J connectivity index is 3.13. The first-order valence-corrected chi connectivity index (χ1v) is 3.65. The smallest absolute Gasteiger partial charge is 0.194 e. The highest BCUT2D eigenvalue weighted by Crippen LogP contribution is 2.30. The Hall–Kier alpha value is -1.33. The summed E-state index contributed by atoms with van der Waals surface area (Å²) >= 11 is 0. The van der Waals surface area contributed by atoms with E-state index in [1.54, 1.807) is 0 Å². The summed E-state index contributed by atoms with van der Waals surface area (Å²) in [6.45, 7) is -0.0797. The second-order valence-electron chi connectivity index (χ2n) is 2.62. The molecule has 1 rings (SSSR count). The minimum atomic E-state index is -1.04. The lowest BCUT2D eigenvalue weighted by Gasteiger charge is -2.09. The highest BCUT2D eigenvalue weighted by molar-refractivity contribution is 5.42. The molecule has 0 aliphatic heterocycles. The van der Waals surface area contributed by atoms with Gasteiger partial charge in [0, 0.05) is 6.54 Å². The molecule has 5 heteroatoms. The zero-order valence-corrected chi connectivity index (χ0v) is 6.74. The van der Waals surface area contributed by atoms with Gasteiger partial charge in [-0.05, 0) is 17.7 Å². The number of aliphatic hydroxyl groups is 1. The topological polar surface area (TPSA) is 86.7 Å². The number of phenolic OH excluding ortho intramolecular Hbond substituents is 2. The largest absolute Gasteiger partial charge is 0.504 e. The molecule has 0 saturated carbocycles. The van der Waals surface area contributed by atoms with Crippen molar-refractivity contribution in [3.63, 3.8) is 0 Å². The van der Waals surface area contributed by atoms with Crippen molar-refractivity contribution in [3.8, 4) is 11.5 Å². The fourth-order valence-electron chi connectivity index (χ4n) is 0.933. The van der Waals surface area contributed by atoms with Crippen LogP contribution in [-0.2, 0) is 0 Å². The average Bonchev–Trinajstić information content (AvgIpc) is 2.12. The summed E-state index contributed by atoms with van der Waals surface area (Å²) in [4.78, 5) is 0. The Morgan fingerprint density at radius 3 is 2.46 bits per heavy atom. The van der Waals surface area contributed by atoms with Gasteiger partial charge in [-0.1, -0.05) is 0 Å². The van der Waals surface area contributed by atoms with Crippen LogP contribution >= 0.6 is 0 Å². The molecule has 0 bridgehead atoms. The van der Waals surface area contributed by atoms with Gasteiger partial charge in [0.05, 0.1) is 6.10 Å². The van der Waals surface area contributed by atoms with Crippen LogP contribution < -0.4 is 5.73 Å². The number of hydrogen-bond acceptors (Lipinski definition) is 4. The normalized spacial score (nSPS) is 12.8. The molecule has 1 aromatic carbocycles. The van der Waals surface area contributed by atoms with Gasteiger partial charge >= 0.3 is 0 Å². The molecule has 0 aliphatic carbocycles. The molecular weight excluding hydrogens is 177 g/mol. The van der Waals surface area contributed by atoms with Gasteiger partial charge < -0.3 is 21.1 Å². The average molecular weight is 187 g/mol. The Bertz CT molecular complexity index is 293. The van der Waals surface area contributed by atoms with E-state index in [1.807, 2.05) is 0 Å². The third-order valence-electron chi connectivity index (χ3n) is 1.67. The van der Waals surface area contributed by atoms with Crippen molar-refractivity contribution in [2.75, 3.05) is 6.54 Å². The molecule has 5 N–H and O–H groups in total. The van der Waals surface area contributed by atoms with Crippen LogP contribution in [0.1, 0.15) is 11.7 Å². The van der Waals surface area contributed by atoms with E-state index in [-0.39, 0.29) is 12.1 Å². The Kier molecular flexibility index (Phi) is 2.69. The molecular formula is C8H10FNO3. The first-order chi connectivity index (χ1) is 6.06. The molecule has 0 amide bonds. The molecule has 0 heterocycles.